The summed E-state index contributed by atoms with van der Waals surface area (Å²) in [5, 5.41) is 2.62. The first-order valence-electron chi connectivity index (χ1n) is 10.2. The lowest BCUT2D eigenvalue weighted by atomic mass is 10.1. The van der Waals surface area contributed by atoms with Gasteiger partial charge < -0.3 is 9.47 Å². The van der Waals surface area contributed by atoms with Gasteiger partial charge >= 0.3 is 6.03 Å². The summed E-state index contributed by atoms with van der Waals surface area (Å²) in [6, 6.07) is 14.6. The van der Waals surface area contributed by atoms with E-state index in [4.69, 9.17) is 21.1 Å². The van der Waals surface area contributed by atoms with Crippen molar-refractivity contribution in [1.82, 2.24) is 5.32 Å². The molecule has 178 valence electrons. The fraction of sp³-hybridized carbons (Fsp3) is 0.0800. The third-order valence-corrected chi connectivity index (χ3v) is 6.05. The Balaban J connectivity index is 1.66. The fourth-order valence-corrected chi connectivity index (χ4v) is 4.17. The number of halogens is 3. The van der Waals surface area contributed by atoms with Crippen molar-refractivity contribution >= 4 is 57.1 Å². The topological polar surface area (TPSA) is 84.9 Å². The molecule has 3 aromatic rings. The highest BCUT2D eigenvalue weighted by molar-refractivity contribution is 9.10. The predicted molar refractivity (Wildman–Crippen MR) is 132 cm³/mol. The number of rotatable bonds is 6. The van der Waals surface area contributed by atoms with Crippen molar-refractivity contribution in [3.05, 3.63) is 92.7 Å². The van der Waals surface area contributed by atoms with Crippen molar-refractivity contribution in [2.75, 3.05) is 12.0 Å². The minimum atomic E-state index is -1.04. The van der Waals surface area contributed by atoms with Crippen molar-refractivity contribution in [3.63, 3.8) is 0 Å². The molecular formula is C25H17BrClFN2O5. The minimum absolute atomic E-state index is 0.176. The Bertz CT molecular complexity index is 1380. The van der Waals surface area contributed by atoms with Gasteiger partial charge in [-0.15, -0.1) is 0 Å². The number of nitrogens with zero attached hydrogens (tertiary/aromatic N) is 1. The molecule has 0 unspecified atom stereocenters. The highest BCUT2D eigenvalue weighted by atomic mass is 79.9. The van der Waals surface area contributed by atoms with E-state index in [-0.39, 0.29) is 17.9 Å². The SMILES string of the molecule is COc1cc(/C=C2/C(=O)NC(=O)N(c3ccccc3F)C2=O)cc(Br)c1OCc1ccccc1Cl. The van der Waals surface area contributed by atoms with Crippen LogP contribution in [-0.2, 0) is 16.2 Å². The number of urea groups is 1. The first-order chi connectivity index (χ1) is 16.8. The monoisotopic (exact) mass is 558 g/mol. The summed E-state index contributed by atoms with van der Waals surface area (Å²) < 4.78 is 26.1. The average molecular weight is 560 g/mol. The molecule has 1 heterocycles. The van der Waals surface area contributed by atoms with Gasteiger partial charge in [-0.3, -0.25) is 14.9 Å². The third kappa shape index (κ3) is 5.06. The van der Waals surface area contributed by atoms with E-state index in [0.29, 0.717) is 31.5 Å². The second-order valence-electron chi connectivity index (χ2n) is 7.32. The number of benzene rings is 3. The Morgan fingerprint density at radius 2 is 1.80 bits per heavy atom. The molecule has 0 aromatic heterocycles. The number of nitrogens with one attached hydrogen (secondary N) is 1. The van der Waals surface area contributed by atoms with Crippen LogP contribution in [0.1, 0.15) is 11.1 Å². The highest BCUT2D eigenvalue weighted by Crippen LogP contribution is 2.38. The number of anilines is 1. The zero-order chi connectivity index (χ0) is 25.1. The number of hydrogen-bond acceptors (Lipinski definition) is 5. The molecule has 1 fully saturated rings. The normalized spacial score (nSPS) is 14.8. The first kappa shape index (κ1) is 24.4. The fourth-order valence-electron chi connectivity index (χ4n) is 3.40. The van der Waals surface area contributed by atoms with Crippen LogP contribution in [-0.4, -0.2) is 25.0 Å². The van der Waals surface area contributed by atoms with Crippen molar-refractivity contribution < 1.29 is 28.2 Å². The number of barbiturate groups is 1. The van der Waals surface area contributed by atoms with Crippen LogP contribution >= 0.6 is 27.5 Å². The molecule has 3 aromatic carbocycles. The van der Waals surface area contributed by atoms with Crippen LogP contribution in [0.15, 0.2) is 70.7 Å². The molecule has 0 spiro atoms. The molecule has 0 radical (unpaired) electrons. The Hall–Kier alpha value is -3.69. The first-order valence-corrected chi connectivity index (χ1v) is 11.4. The van der Waals surface area contributed by atoms with Gasteiger partial charge in [0, 0.05) is 10.6 Å². The molecule has 1 aliphatic heterocycles. The zero-order valence-electron chi connectivity index (χ0n) is 18.2. The zero-order valence-corrected chi connectivity index (χ0v) is 20.5. The van der Waals surface area contributed by atoms with Crippen LogP contribution < -0.4 is 19.7 Å². The number of carbonyl (C=O) groups excluding carboxylic acids is 3. The molecule has 4 rings (SSSR count). The standard InChI is InChI=1S/C25H17BrClFN2O5/c1-34-21-12-14(11-17(26)22(21)35-13-15-6-2-3-7-18(15)27)10-16-23(31)29-25(33)30(24(16)32)20-9-5-4-8-19(20)28/h2-12H,13H2,1H3,(H,29,31,33)/b16-10-. The van der Waals surface area contributed by atoms with Crippen molar-refractivity contribution in [2.24, 2.45) is 0 Å². The van der Waals surface area contributed by atoms with Gasteiger partial charge in [0.2, 0.25) is 0 Å². The maximum Gasteiger partial charge on any atom is 0.336 e. The molecular weight excluding hydrogens is 543 g/mol. The van der Waals surface area contributed by atoms with Crippen LogP contribution in [0.4, 0.5) is 14.9 Å². The molecule has 7 nitrogen and oxygen atoms in total. The molecule has 10 heteroatoms. The summed E-state index contributed by atoms with van der Waals surface area (Å²) in [6.45, 7) is 0.176. The largest absolute Gasteiger partial charge is 0.493 e. The van der Waals surface area contributed by atoms with Crippen LogP contribution in [0.3, 0.4) is 0 Å². The number of hydrogen-bond donors (Lipinski definition) is 1. The van der Waals surface area contributed by atoms with Gasteiger partial charge in [-0.2, -0.15) is 0 Å². The summed E-state index contributed by atoms with van der Waals surface area (Å²) >= 11 is 9.62. The lowest BCUT2D eigenvalue weighted by Crippen LogP contribution is -2.54. The maximum absolute atomic E-state index is 14.3. The minimum Gasteiger partial charge on any atom is -0.493 e. The van der Waals surface area contributed by atoms with Gasteiger partial charge in [-0.05, 0) is 57.9 Å². The average Bonchev–Trinajstić information content (AvgIpc) is 2.83. The van der Waals surface area contributed by atoms with E-state index in [9.17, 15) is 18.8 Å². The lowest BCUT2D eigenvalue weighted by Gasteiger charge is -2.26. The van der Waals surface area contributed by atoms with Crippen LogP contribution in [0, 0.1) is 5.82 Å². The van der Waals surface area contributed by atoms with E-state index >= 15 is 0 Å². The van der Waals surface area contributed by atoms with E-state index in [0.717, 1.165) is 11.6 Å². The van der Waals surface area contributed by atoms with Gasteiger partial charge in [-0.25, -0.2) is 14.1 Å². The van der Waals surface area contributed by atoms with E-state index in [2.05, 4.69) is 21.2 Å². The molecule has 35 heavy (non-hydrogen) atoms. The van der Waals surface area contributed by atoms with Crippen LogP contribution in [0.25, 0.3) is 6.08 Å². The smallest absolute Gasteiger partial charge is 0.336 e. The molecule has 1 aliphatic rings. The van der Waals surface area contributed by atoms with Crippen molar-refractivity contribution in [3.8, 4) is 11.5 Å². The van der Waals surface area contributed by atoms with Crippen LogP contribution in [0.5, 0.6) is 11.5 Å². The van der Waals surface area contributed by atoms with Gasteiger partial charge in [0.05, 0.1) is 17.3 Å². The number of methoxy groups -OCH3 is 1. The number of amides is 4. The quantitative estimate of drug-likeness (QED) is 0.319. The second-order valence-corrected chi connectivity index (χ2v) is 8.58. The maximum atomic E-state index is 14.3. The molecule has 0 saturated carbocycles. The van der Waals surface area contributed by atoms with Crippen molar-refractivity contribution in [1.29, 1.82) is 0 Å². The number of imide groups is 2. The molecule has 1 saturated heterocycles. The molecule has 0 atom stereocenters. The Morgan fingerprint density at radius 3 is 2.51 bits per heavy atom. The number of ether oxygens (including phenoxy) is 2. The molecule has 0 bridgehead atoms. The van der Waals surface area contributed by atoms with Crippen LogP contribution in [0.2, 0.25) is 5.02 Å². The Kier molecular flexibility index (Phi) is 7.18. The molecule has 4 amide bonds. The molecule has 1 N–H and O–H groups in total. The number of para-hydroxylation sites is 1. The van der Waals surface area contributed by atoms with Gasteiger partial charge in [0.25, 0.3) is 11.8 Å². The van der Waals surface area contributed by atoms with E-state index in [1.807, 2.05) is 18.2 Å². The van der Waals surface area contributed by atoms with E-state index in [1.54, 1.807) is 18.2 Å². The number of carbonyl (C=O) groups is 3. The van der Waals surface area contributed by atoms with Gasteiger partial charge in [0.15, 0.2) is 11.5 Å². The summed E-state index contributed by atoms with van der Waals surface area (Å²) in [6.07, 6.45) is 1.28. The molecule has 0 aliphatic carbocycles. The van der Waals surface area contributed by atoms with Gasteiger partial charge in [0.1, 0.15) is 18.0 Å². The van der Waals surface area contributed by atoms with E-state index in [1.165, 1.54) is 31.4 Å². The lowest BCUT2D eigenvalue weighted by molar-refractivity contribution is -0.122. The Morgan fingerprint density at radius 1 is 1.09 bits per heavy atom. The van der Waals surface area contributed by atoms with Gasteiger partial charge in [-0.1, -0.05) is 41.9 Å². The van der Waals surface area contributed by atoms with E-state index < -0.39 is 23.7 Å². The summed E-state index contributed by atoms with van der Waals surface area (Å²) in [4.78, 5) is 38.4. The second kappa shape index (κ2) is 10.3. The highest BCUT2D eigenvalue weighted by Gasteiger charge is 2.38. The summed E-state index contributed by atoms with van der Waals surface area (Å²) in [5.74, 6) is -1.94. The van der Waals surface area contributed by atoms with Crippen molar-refractivity contribution in [2.45, 2.75) is 6.61 Å². The predicted octanol–water partition coefficient (Wildman–Crippen LogP) is 5.50. The Labute approximate surface area is 213 Å². The summed E-state index contributed by atoms with van der Waals surface area (Å²) in [5.41, 5.74) is 0.555. The summed E-state index contributed by atoms with van der Waals surface area (Å²) in [7, 11) is 1.44. The third-order valence-electron chi connectivity index (χ3n) is 5.09.